The summed E-state index contributed by atoms with van der Waals surface area (Å²) in [6, 6.07) is 5.90. The van der Waals surface area contributed by atoms with Crippen LogP contribution in [0.3, 0.4) is 0 Å². The molecule has 0 aromatic carbocycles. The maximum Gasteiger partial charge on any atom is 0.142 e. The molecule has 0 aliphatic heterocycles. The second kappa shape index (κ2) is 4.21. The normalized spacial score (nSPS) is 10.6. The lowest BCUT2D eigenvalue weighted by molar-refractivity contribution is 1.08. The topological polar surface area (TPSA) is 66.5 Å². The lowest BCUT2D eigenvalue weighted by Crippen LogP contribution is -2.02. The molecule has 0 aliphatic rings. The van der Waals surface area contributed by atoms with Crippen LogP contribution >= 0.6 is 0 Å². The molecule has 0 aliphatic carbocycles. The first-order chi connectivity index (χ1) is 8.43. The van der Waals surface area contributed by atoms with E-state index in [0.29, 0.717) is 6.54 Å². The van der Waals surface area contributed by atoms with Crippen molar-refractivity contribution in [1.82, 2.24) is 19.9 Å². The second-order valence-electron chi connectivity index (χ2n) is 3.68. The number of anilines is 1. The highest BCUT2D eigenvalue weighted by Crippen LogP contribution is 2.17. The molecule has 3 aromatic rings. The minimum absolute atomic E-state index is 0.700. The van der Waals surface area contributed by atoms with Crippen LogP contribution in [0.2, 0.25) is 0 Å². The molecule has 3 aromatic heterocycles. The van der Waals surface area contributed by atoms with Crippen LogP contribution in [0.15, 0.2) is 43.1 Å². The number of fused-ring (bicyclic) bond motifs is 1. The predicted molar refractivity (Wildman–Crippen MR) is 65.5 cm³/mol. The van der Waals surface area contributed by atoms with E-state index in [0.717, 1.165) is 22.4 Å². The monoisotopic (exact) mass is 225 g/mol. The van der Waals surface area contributed by atoms with Crippen molar-refractivity contribution in [3.63, 3.8) is 0 Å². The van der Waals surface area contributed by atoms with Crippen LogP contribution in [0, 0.1) is 0 Å². The largest absolute Gasteiger partial charge is 0.365 e. The minimum Gasteiger partial charge on any atom is -0.365 e. The van der Waals surface area contributed by atoms with E-state index in [1.165, 1.54) is 0 Å². The highest BCUT2D eigenvalue weighted by atomic mass is 15.0. The fourth-order valence-corrected chi connectivity index (χ4v) is 1.70. The van der Waals surface area contributed by atoms with Gasteiger partial charge in [0.05, 0.1) is 5.39 Å². The summed E-state index contributed by atoms with van der Waals surface area (Å²) in [5, 5.41) is 4.28. The molecule has 0 amide bonds. The van der Waals surface area contributed by atoms with Crippen LogP contribution in [-0.2, 0) is 6.54 Å². The molecule has 0 spiro atoms. The van der Waals surface area contributed by atoms with Crippen molar-refractivity contribution in [2.75, 3.05) is 5.32 Å². The SMILES string of the molecule is c1cncc(CNc2ncnc3[nH]ccc23)c1. The smallest absolute Gasteiger partial charge is 0.142 e. The highest BCUT2D eigenvalue weighted by Gasteiger charge is 2.03. The van der Waals surface area contributed by atoms with E-state index in [1.54, 1.807) is 12.5 Å². The van der Waals surface area contributed by atoms with Crippen molar-refractivity contribution in [2.24, 2.45) is 0 Å². The Hall–Kier alpha value is -2.43. The summed E-state index contributed by atoms with van der Waals surface area (Å²) in [4.78, 5) is 15.5. The number of H-pyrrole nitrogens is 1. The first kappa shape index (κ1) is 9.77. The molecule has 2 N–H and O–H groups in total. The number of hydrogen-bond acceptors (Lipinski definition) is 4. The van der Waals surface area contributed by atoms with Crippen molar-refractivity contribution in [3.8, 4) is 0 Å². The van der Waals surface area contributed by atoms with Crippen molar-refractivity contribution in [1.29, 1.82) is 0 Å². The number of rotatable bonds is 3. The van der Waals surface area contributed by atoms with Gasteiger partial charge in [-0.05, 0) is 17.7 Å². The van der Waals surface area contributed by atoms with E-state index < -0.39 is 0 Å². The Morgan fingerprint density at radius 2 is 2.24 bits per heavy atom. The van der Waals surface area contributed by atoms with Gasteiger partial charge in [0.25, 0.3) is 0 Å². The number of nitrogens with zero attached hydrogens (tertiary/aromatic N) is 3. The maximum absolute atomic E-state index is 4.23. The lowest BCUT2D eigenvalue weighted by atomic mass is 10.3. The van der Waals surface area contributed by atoms with Crippen LogP contribution in [0.4, 0.5) is 5.82 Å². The van der Waals surface area contributed by atoms with Crippen LogP contribution < -0.4 is 5.32 Å². The quantitative estimate of drug-likeness (QED) is 0.715. The van der Waals surface area contributed by atoms with E-state index in [1.807, 2.05) is 30.6 Å². The van der Waals surface area contributed by atoms with Crippen LogP contribution in [-0.4, -0.2) is 19.9 Å². The van der Waals surface area contributed by atoms with Crippen LogP contribution in [0.25, 0.3) is 11.0 Å². The molecular formula is C12H11N5. The maximum atomic E-state index is 4.23. The molecule has 0 radical (unpaired) electrons. The Labute approximate surface area is 98.0 Å². The molecule has 17 heavy (non-hydrogen) atoms. The average Bonchev–Trinajstić information content (AvgIpc) is 2.86. The number of aromatic nitrogens is 4. The summed E-state index contributed by atoms with van der Waals surface area (Å²) in [7, 11) is 0. The number of nitrogens with one attached hydrogen (secondary N) is 2. The van der Waals surface area contributed by atoms with E-state index in [-0.39, 0.29) is 0 Å². The molecule has 0 fully saturated rings. The lowest BCUT2D eigenvalue weighted by Gasteiger charge is -2.05. The van der Waals surface area contributed by atoms with E-state index >= 15 is 0 Å². The zero-order valence-corrected chi connectivity index (χ0v) is 9.09. The van der Waals surface area contributed by atoms with Crippen molar-refractivity contribution in [3.05, 3.63) is 48.7 Å². The van der Waals surface area contributed by atoms with Crippen molar-refractivity contribution >= 4 is 16.9 Å². The zero-order chi connectivity index (χ0) is 11.5. The molecule has 84 valence electrons. The standard InChI is InChI=1S/C12H11N5/c1-2-9(6-13-4-1)7-15-12-10-3-5-14-11(10)16-8-17-12/h1-6,8H,7H2,(H2,14,15,16,17). The van der Waals surface area contributed by atoms with E-state index in [9.17, 15) is 0 Å². The molecule has 0 saturated carbocycles. The summed E-state index contributed by atoms with van der Waals surface area (Å²) in [6.45, 7) is 0.700. The van der Waals surface area contributed by atoms with Gasteiger partial charge in [0.2, 0.25) is 0 Å². The van der Waals surface area contributed by atoms with Gasteiger partial charge >= 0.3 is 0 Å². The zero-order valence-electron chi connectivity index (χ0n) is 9.09. The van der Waals surface area contributed by atoms with Crippen LogP contribution in [0.1, 0.15) is 5.56 Å². The summed E-state index contributed by atoms with van der Waals surface area (Å²) < 4.78 is 0. The molecule has 5 heteroatoms. The van der Waals surface area contributed by atoms with Gasteiger partial charge in [0, 0.05) is 25.1 Å². The van der Waals surface area contributed by atoms with Gasteiger partial charge < -0.3 is 10.3 Å². The molecule has 3 heterocycles. The van der Waals surface area contributed by atoms with Gasteiger partial charge in [-0.2, -0.15) is 0 Å². The van der Waals surface area contributed by atoms with Gasteiger partial charge in [-0.1, -0.05) is 6.07 Å². The molecule has 0 bridgehead atoms. The third-order valence-electron chi connectivity index (χ3n) is 2.54. The van der Waals surface area contributed by atoms with Crippen molar-refractivity contribution < 1.29 is 0 Å². The van der Waals surface area contributed by atoms with Gasteiger partial charge in [-0.15, -0.1) is 0 Å². The third-order valence-corrected chi connectivity index (χ3v) is 2.54. The molecule has 0 unspecified atom stereocenters. The Balaban J connectivity index is 1.84. The summed E-state index contributed by atoms with van der Waals surface area (Å²) in [6.07, 6.45) is 7.00. The number of pyridine rings is 1. The van der Waals surface area contributed by atoms with Gasteiger partial charge in [-0.3, -0.25) is 4.98 Å². The molecular weight excluding hydrogens is 214 g/mol. The van der Waals surface area contributed by atoms with Gasteiger partial charge in [0.15, 0.2) is 0 Å². The predicted octanol–water partition coefficient (Wildman–Crippen LogP) is 1.96. The third kappa shape index (κ3) is 1.94. The molecule has 5 nitrogen and oxygen atoms in total. The van der Waals surface area contributed by atoms with Crippen molar-refractivity contribution in [2.45, 2.75) is 6.54 Å². The van der Waals surface area contributed by atoms with Crippen LogP contribution in [0.5, 0.6) is 0 Å². The average molecular weight is 225 g/mol. The fraction of sp³-hybridized carbons (Fsp3) is 0.0833. The van der Waals surface area contributed by atoms with E-state index in [2.05, 4.69) is 25.3 Å². The Morgan fingerprint density at radius 1 is 1.24 bits per heavy atom. The fourth-order valence-electron chi connectivity index (χ4n) is 1.70. The first-order valence-electron chi connectivity index (χ1n) is 5.34. The number of aromatic amines is 1. The Bertz CT molecular complexity index is 617. The summed E-state index contributed by atoms with van der Waals surface area (Å²) in [5.41, 5.74) is 1.96. The number of hydrogen-bond donors (Lipinski definition) is 2. The molecule has 0 saturated heterocycles. The minimum atomic E-state index is 0.700. The van der Waals surface area contributed by atoms with Gasteiger partial charge in [-0.25, -0.2) is 9.97 Å². The van der Waals surface area contributed by atoms with Gasteiger partial charge in [0.1, 0.15) is 17.8 Å². The highest BCUT2D eigenvalue weighted by molar-refractivity contribution is 5.86. The molecule has 3 rings (SSSR count). The Kier molecular flexibility index (Phi) is 2.42. The summed E-state index contributed by atoms with van der Waals surface area (Å²) >= 11 is 0. The second-order valence-corrected chi connectivity index (χ2v) is 3.68. The first-order valence-corrected chi connectivity index (χ1v) is 5.34. The molecule has 0 atom stereocenters. The van der Waals surface area contributed by atoms with E-state index in [4.69, 9.17) is 0 Å². The summed E-state index contributed by atoms with van der Waals surface area (Å²) in [5.74, 6) is 0.833. The Morgan fingerprint density at radius 3 is 3.12 bits per heavy atom.